The Morgan fingerprint density at radius 2 is 2.31 bits per heavy atom. The molecule has 0 fully saturated rings. The molecule has 2 aromatic rings. The molecule has 2 rings (SSSR count). The van der Waals surface area contributed by atoms with Gasteiger partial charge in [-0.25, -0.2) is 9.97 Å². The Morgan fingerprint density at radius 1 is 1.38 bits per heavy atom. The van der Waals surface area contributed by atoms with Gasteiger partial charge in [0.15, 0.2) is 0 Å². The summed E-state index contributed by atoms with van der Waals surface area (Å²) in [5.41, 5.74) is 0. The van der Waals surface area contributed by atoms with Crippen molar-refractivity contribution < 1.29 is 0 Å². The molecule has 5 heteroatoms. The molecule has 0 bridgehead atoms. The minimum absolute atomic E-state index is 0.821. The van der Waals surface area contributed by atoms with E-state index in [1.54, 1.807) is 29.4 Å². The molecule has 13 heavy (non-hydrogen) atoms. The summed E-state index contributed by atoms with van der Waals surface area (Å²) >= 11 is 6.66. The molecule has 0 atom stereocenters. The number of thiophene rings is 1. The summed E-state index contributed by atoms with van der Waals surface area (Å²) in [6.45, 7) is 0. The fourth-order valence-electron chi connectivity index (χ4n) is 0.798. The van der Waals surface area contributed by atoms with Gasteiger partial charge in [0.25, 0.3) is 0 Å². The van der Waals surface area contributed by atoms with Crippen LogP contribution in [0.4, 0.5) is 0 Å². The molecule has 0 aromatic carbocycles. The summed E-state index contributed by atoms with van der Waals surface area (Å²) in [5, 5.41) is 3.02. The Balaban J connectivity index is 2.19. The molecule has 0 saturated carbocycles. The van der Waals surface area contributed by atoms with Crippen LogP contribution in [0.25, 0.3) is 0 Å². The third kappa shape index (κ3) is 2.52. The summed E-state index contributed by atoms with van der Waals surface area (Å²) in [5.74, 6) is 0. The molecule has 0 aliphatic carbocycles. The molecule has 0 unspecified atom stereocenters. The van der Waals surface area contributed by atoms with Crippen molar-refractivity contribution in [1.82, 2.24) is 9.97 Å². The van der Waals surface area contributed by atoms with Crippen LogP contribution in [0.3, 0.4) is 0 Å². The number of halogens is 1. The SMILES string of the molecule is Brc1cc(Sc2cccs2)ncn1. The largest absolute Gasteiger partial charge is 0.230 e. The molecule has 0 saturated heterocycles. The fourth-order valence-corrected chi connectivity index (χ4v) is 2.94. The third-order valence-electron chi connectivity index (χ3n) is 1.31. The first-order valence-electron chi connectivity index (χ1n) is 3.53. The molecule has 66 valence electrons. The molecule has 0 N–H and O–H groups in total. The summed E-state index contributed by atoms with van der Waals surface area (Å²) in [4.78, 5) is 8.11. The van der Waals surface area contributed by atoms with Gasteiger partial charge in [-0.3, -0.25) is 0 Å². The molecule has 2 heterocycles. The van der Waals surface area contributed by atoms with E-state index in [9.17, 15) is 0 Å². The van der Waals surface area contributed by atoms with E-state index in [0.717, 1.165) is 9.63 Å². The van der Waals surface area contributed by atoms with Gasteiger partial charge >= 0.3 is 0 Å². The van der Waals surface area contributed by atoms with Crippen molar-refractivity contribution >= 4 is 39.0 Å². The van der Waals surface area contributed by atoms with Crippen molar-refractivity contribution in [3.05, 3.63) is 34.5 Å². The molecule has 0 aliphatic heterocycles. The van der Waals surface area contributed by atoms with E-state index in [2.05, 4.69) is 37.3 Å². The number of rotatable bonds is 2. The normalized spacial score (nSPS) is 10.2. The van der Waals surface area contributed by atoms with Gasteiger partial charge in [0.1, 0.15) is 16.0 Å². The van der Waals surface area contributed by atoms with Gasteiger partial charge in [0.05, 0.1) is 4.21 Å². The zero-order valence-electron chi connectivity index (χ0n) is 6.48. The van der Waals surface area contributed by atoms with Crippen LogP contribution < -0.4 is 0 Å². The van der Waals surface area contributed by atoms with Crippen LogP contribution in [-0.2, 0) is 0 Å². The van der Waals surface area contributed by atoms with E-state index in [-0.39, 0.29) is 0 Å². The van der Waals surface area contributed by atoms with Crippen LogP contribution in [0.1, 0.15) is 0 Å². The van der Waals surface area contributed by atoms with Crippen LogP contribution in [0.15, 0.2) is 43.7 Å². The van der Waals surface area contributed by atoms with Crippen molar-refractivity contribution in [3.63, 3.8) is 0 Å². The first kappa shape index (κ1) is 9.18. The van der Waals surface area contributed by atoms with Gasteiger partial charge in [-0.2, -0.15) is 0 Å². The van der Waals surface area contributed by atoms with E-state index in [1.807, 2.05) is 12.1 Å². The van der Waals surface area contributed by atoms with E-state index in [1.165, 1.54) is 4.21 Å². The van der Waals surface area contributed by atoms with Crippen molar-refractivity contribution in [2.75, 3.05) is 0 Å². The molecule has 0 aliphatic rings. The monoisotopic (exact) mass is 272 g/mol. The zero-order chi connectivity index (χ0) is 9.10. The topological polar surface area (TPSA) is 25.8 Å². The van der Waals surface area contributed by atoms with Gasteiger partial charge in [0, 0.05) is 6.07 Å². The Hall–Kier alpha value is -0.390. The lowest BCUT2D eigenvalue weighted by Crippen LogP contribution is -1.81. The number of hydrogen-bond acceptors (Lipinski definition) is 4. The second kappa shape index (κ2) is 4.21. The highest BCUT2D eigenvalue weighted by Crippen LogP contribution is 2.30. The predicted molar refractivity (Wildman–Crippen MR) is 58.2 cm³/mol. The summed E-state index contributed by atoms with van der Waals surface area (Å²) < 4.78 is 2.06. The van der Waals surface area contributed by atoms with Crippen LogP contribution in [0.2, 0.25) is 0 Å². The van der Waals surface area contributed by atoms with Crippen molar-refractivity contribution in [2.24, 2.45) is 0 Å². The second-order valence-corrected chi connectivity index (χ2v) is 5.29. The Morgan fingerprint density at radius 3 is 3.00 bits per heavy atom. The third-order valence-corrected chi connectivity index (χ3v) is 3.71. The van der Waals surface area contributed by atoms with E-state index in [0.29, 0.717) is 0 Å². The van der Waals surface area contributed by atoms with E-state index in [4.69, 9.17) is 0 Å². The fraction of sp³-hybridized carbons (Fsp3) is 0. The minimum Gasteiger partial charge on any atom is -0.230 e. The molecule has 0 amide bonds. The van der Waals surface area contributed by atoms with Crippen LogP contribution in [0, 0.1) is 0 Å². The zero-order valence-corrected chi connectivity index (χ0v) is 9.69. The lowest BCUT2D eigenvalue weighted by atomic mass is 10.7. The first-order chi connectivity index (χ1) is 6.34. The van der Waals surface area contributed by atoms with Crippen LogP contribution in [0.5, 0.6) is 0 Å². The summed E-state index contributed by atoms with van der Waals surface area (Å²) in [6.07, 6.45) is 1.56. The average Bonchev–Trinajstić information content (AvgIpc) is 2.57. The van der Waals surface area contributed by atoms with Crippen molar-refractivity contribution in [2.45, 2.75) is 9.24 Å². The molecular formula is C8H5BrN2S2. The molecule has 2 nitrogen and oxygen atoms in total. The average molecular weight is 273 g/mol. The minimum atomic E-state index is 0.821. The highest BCUT2D eigenvalue weighted by molar-refractivity contribution is 9.10. The van der Waals surface area contributed by atoms with Crippen molar-refractivity contribution in [3.8, 4) is 0 Å². The Bertz CT molecular complexity index is 389. The maximum Gasteiger partial charge on any atom is 0.118 e. The lowest BCUT2D eigenvalue weighted by Gasteiger charge is -1.96. The summed E-state index contributed by atoms with van der Waals surface area (Å²) in [7, 11) is 0. The lowest BCUT2D eigenvalue weighted by molar-refractivity contribution is 1.03. The highest BCUT2D eigenvalue weighted by Gasteiger charge is 1.99. The molecule has 0 spiro atoms. The van der Waals surface area contributed by atoms with Crippen LogP contribution in [-0.4, -0.2) is 9.97 Å². The predicted octanol–water partition coefficient (Wildman–Crippen LogP) is 3.45. The first-order valence-corrected chi connectivity index (χ1v) is 6.02. The Kier molecular flexibility index (Phi) is 2.97. The van der Waals surface area contributed by atoms with Gasteiger partial charge < -0.3 is 0 Å². The maximum absolute atomic E-state index is 4.14. The second-order valence-electron chi connectivity index (χ2n) is 2.21. The maximum atomic E-state index is 4.14. The van der Waals surface area contributed by atoms with Gasteiger partial charge in [-0.1, -0.05) is 17.8 Å². The number of hydrogen-bond donors (Lipinski definition) is 0. The van der Waals surface area contributed by atoms with Gasteiger partial charge in [-0.15, -0.1) is 11.3 Å². The van der Waals surface area contributed by atoms with E-state index >= 15 is 0 Å². The molecule has 2 aromatic heterocycles. The smallest absolute Gasteiger partial charge is 0.118 e. The quantitative estimate of drug-likeness (QED) is 0.784. The van der Waals surface area contributed by atoms with Crippen LogP contribution >= 0.6 is 39.0 Å². The number of aromatic nitrogens is 2. The van der Waals surface area contributed by atoms with Crippen molar-refractivity contribution in [1.29, 1.82) is 0 Å². The highest BCUT2D eigenvalue weighted by atomic mass is 79.9. The molecule has 0 radical (unpaired) electrons. The van der Waals surface area contributed by atoms with E-state index < -0.39 is 0 Å². The van der Waals surface area contributed by atoms with Gasteiger partial charge in [-0.05, 0) is 27.4 Å². The standard InChI is InChI=1S/C8H5BrN2S2/c9-6-4-7(11-5-10-6)13-8-2-1-3-12-8/h1-5H. The molecular weight excluding hydrogens is 268 g/mol. The number of nitrogens with zero attached hydrogens (tertiary/aromatic N) is 2. The summed E-state index contributed by atoms with van der Waals surface area (Å²) in [6, 6.07) is 6.01. The van der Waals surface area contributed by atoms with Gasteiger partial charge in [0.2, 0.25) is 0 Å². The Labute approximate surface area is 92.6 Å².